The lowest BCUT2D eigenvalue weighted by Crippen LogP contribution is -2.43. The minimum Gasteiger partial charge on any atom is -0.272 e. The molecule has 0 aromatic heterocycles. The summed E-state index contributed by atoms with van der Waals surface area (Å²) in [5.41, 5.74) is 0. The van der Waals surface area contributed by atoms with Crippen LogP contribution in [0.3, 0.4) is 0 Å². The van der Waals surface area contributed by atoms with Gasteiger partial charge in [0.05, 0.1) is 17.2 Å². The average molecular weight is 368 g/mol. The number of amides is 2. The molecule has 0 radical (unpaired) electrons. The lowest BCUT2D eigenvalue weighted by atomic mass is 9.81. The molecule has 3 aliphatic rings. The van der Waals surface area contributed by atoms with E-state index in [4.69, 9.17) is 15.9 Å². The van der Waals surface area contributed by atoms with Crippen molar-refractivity contribution in [3.63, 3.8) is 0 Å². The standard InChI is InChI=1S/C14H19ClFNO5S/c15-11-7-8(16)5-6-12(11)23(20,21)22-17-13(18)9-3-1-2-4-10(9)14(17)19/h8-12H,1-7H2. The Hall–Kier alpha value is -0.730. The van der Waals surface area contributed by atoms with Gasteiger partial charge in [-0.2, -0.15) is 8.42 Å². The van der Waals surface area contributed by atoms with Gasteiger partial charge in [0.1, 0.15) is 11.4 Å². The van der Waals surface area contributed by atoms with Gasteiger partial charge in [-0.05, 0) is 32.1 Å². The van der Waals surface area contributed by atoms with Crippen molar-refractivity contribution in [3.8, 4) is 0 Å². The molecule has 2 amide bonds. The number of fused-ring (bicyclic) bond motifs is 1. The summed E-state index contributed by atoms with van der Waals surface area (Å²) in [7, 11) is -4.26. The number of carbonyl (C=O) groups excluding carboxylic acids is 2. The smallest absolute Gasteiger partial charge is 0.272 e. The van der Waals surface area contributed by atoms with Crippen LogP contribution in [-0.4, -0.2) is 42.1 Å². The average Bonchev–Trinajstić information content (AvgIpc) is 2.72. The van der Waals surface area contributed by atoms with Crippen LogP contribution >= 0.6 is 11.6 Å². The van der Waals surface area contributed by atoms with Gasteiger partial charge in [-0.3, -0.25) is 9.59 Å². The normalized spacial score (nSPS) is 38.7. The Balaban J connectivity index is 1.75. The van der Waals surface area contributed by atoms with Crippen molar-refractivity contribution in [3.05, 3.63) is 0 Å². The Morgan fingerprint density at radius 3 is 2.13 bits per heavy atom. The Morgan fingerprint density at radius 1 is 1.04 bits per heavy atom. The molecule has 9 heteroatoms. The zero-order valence-corrected chi connectivity index (χ0v) is 14.1. The highest BCUT2D eigenvalue weighted by molar-refractivity contribution is 7.87. The second-order valence-corrected chi connectivity index (χ2v) is 8.80. The van der Waals surface area contributed by atoms with Crippen molar-refractivity contribution in [2.45, 2.75) is 61.7 Å². The molecule has 23 heavy (non-hydrogen) atoms. The van der Waals surface area contributed by atoms with Crippen LogP contribution in [0.5, 0.6) is 0 Å². The summed E-state index contributed by atoms with van der Waals surface area (Å²) in [4.78, 5) is 24.5. The third kappa shape index (κ3) is 3.13. The second-order valence-electron chi connectivity index (χ2n) is 6.50. The maximum atomic E-state index is 13.3. The molecule has 5 unspecified atom stereocenters. The predicted molar refractivity (Wildman–Crippen MR) is 79.5 cm³/mol. The maximum absolute atomic E-state index is 13.3. The van der Waals surface area contributed by atoms with Gasteiger partial charge in [-0.15, -0.1) is 20.9 Å². The van der Waals surface area contributed by atoms with Crippen molar-refractivity contribution in [2.24, 2.45) is 11.8 Å². The van der Waals surface area contributed by atoms with Crippen LogP contribution in [0.4, 0.5) is 4.39 Å². The highest BCUT2D eigenvalue weighted by Crippen LogP contribution is 2.39. The molecular formula is C14H19ClFNO5S. The number of alkyl halides is 2. The zero-order valence-electron chi connectivity index (χ0n) is 12.5. The van der Waals surface area contributed by atoms with Gasteiger partial charge in [0.2, 0.25) is 0 Å². The number of rotatable bonds is 3. The zero-order chi connectivity index (χ0) is 16.8. The molecule has 2 aliphatic carbocycles. The van der Waals surface area contributed by atoms with Crippen LogP contribution in [0, 0.1) is 11.8 Å². The minimum absolute atomic E-state index is 0.0146. The molecule has 3 fully saturated rings. The van der Waals surface area contributed by atoms with Crippen LogP contribution in [-0.2, 0) is 24.0 Å². The first kappa shape index (κ1) is 17.1. The van der Waals surface area contributed by atoms with E-state index in [9.17, 15) is 22.4 Å². The van der Waals surface area contributed by atoms with Gasteiger partial charge in [0, 0.05) is 0 Å². The molecule has 2 saturated carbocycles. The summed E-state index contributed by atoms with van der Waals surface area (Å²) in [6, 6.07) is 0. The van der Waals surface area contributed by atoms with Crippen LogP contribution in [0.2, 0.25) is 0 Å². The molecule has 3 rings (SSSR count). The van der Waals surface area contributed by atoms with E-state index in [-0.39, 0.29) is 19.3 Å². The molecule has 130 valence electrons. The number of halogens is 2. The van der Waals surface area contributed by atoms with Gasteiger partial charge >= 0.3 is 0 Å². The minimum atomic E-state index is -4.26. The highest BCUT2D eigenvalue weighted by Gasteiger charge is 2.52. The SMILES string of the molecule is O=C1C2CCCCC2C(=O)N1OS(=O)(=O)C1CCC(F)CC1Cl. The maximum Gasteiger partial charge on any atom is 0.292 e. The molecule has 0 bridgehead atoms. The van der Waals surface area contributed by atoms with Gasteiger partial charge in [0.15, 0.2) is 0 Å². The fourth-order valence-electron chi connectivity index (χ4n) is 3.73. The summed E-state index contributed by atoms with van der Waals surface area (Å²) >= 11 is 5.95. The van der Waals surface area contributed by atoms with E-state index < -0.39 is 50.6 Å². The Morgan fingerprint density at radius 2 is 1.61 bits per heavy atom. The molecule has 6 nitrogen and oxygen atoms in total. The summed E-state index contributed by atoms with van der Waals surface area (Å²) in [5.74, 6) is -2.15. The van der Waals surface area contributed by atoms with Gasteiger partial charge in [0.25, 0.3) is 21.9 Å². The van der Waals surface area contributed by atoms with Crippen molar-refractivity contribution in [2.75, 3.05) is 0 Å². The van der Waals surface area contributed by atoms with Crippen LogP contribution in [0.1, 0.15) is 44.9 Å². The van der Waals surface area contributed by atoms with Gasteiger partial charge in [-0.1, -0.05) is 12.8 Å². The van der Waals surface area contributed by atoms with E-state index in [1.54, 1.807) is 0 Å². The van der Waals surface area contributed by atoms with Crippen LogP contribution < -0.4 is 0 Å². The van der Waals surface area contributed by atoms with Crippen LogP contribution in [0.15, 0.2) is 0 Å². The third-order valence-electron chi connectivity index (χ3n) is 5.00. The second kappa shape index (κ2) is 6.29. The summed E-state index contributed by atoms with van der Waals surface area (Å²) < 4.78 is 42.9. The van der Waals surface area contributed by atoms with E-state index >= 15 is 0 Å². The molecule has 1 aliphatic heterocycles. The number of imide groups is 1. The summed E-state index contributed by atoms with van der Waals surface area (Å²) in [6.45, 7) is 0. The lowest BCUT2D eigenvalue weighted by molar-refractivity contribution is -0.165. The molecule has 0 aromatic rings. The molecule has 5 atom stereocenters. The van der Waals surface area contributed by atoms with Gasteiger partial charge in [-0.25, -0.2) is 4.39 Å². The van der Waals surface area contributed by atoms with E-state index in [0.29, 0.717) is 17.9 Å². The third-order valence-corrected chi connectivity index (χ3v) is 7.29. The number of carbonyl (C=O) groups is 2. The quantitative estimate of drug-likeness (QED) is 0.562. The molecule has 0 N–H and O–H groups in total. The topological polar surface area (TPSA) is 80.8 Å². The lowest BCUT2D eigenvalue weighted by Gasteiger charge is -2.29. The number of hydrogen-bond donors (Lipinski definition) is 0. The van der Waals surface area contributed by atoms with Crippen molar-refractivity contribution in [1.82, 2.24) is 5.06 Å². The van der Waals surface area contributed by atoms with Crippen LogP contribution in [0.25, 0.3) is 0 Å². The molecule has 1 heterocycles. The van der Waals surface area contributed by atoms with E-state index in [1.807, 2.05) is 0 Å². The highest BCUT2D eigenvalue weighted by atomic mass is 35.5. The Bertz CT molecular complexity index is 588. The predicted octanol–water partition coefficient (Wildman–Crippen LogP) is 1.92. The molecule has 1 saturated heterocycles. The molecule has 0 aromatic carbocycles. The Kier molecular flexibility index (Phi) is 4.68. The summed E-state index contributed by atoms with van der Waals surface area (Å²) in [6.07, 6.45) is 1.69. The van der Waals surface area contributed by atoms with Crippen molar-refractivity contribution in [1.29, 1.82) is 0 Å². The Labute approximate surface area is 139 Å². The van der Waals surface area contributed by atoms with E-state index in [2.05, 4.69) is 0 Å². The fraction of sp³-hybridized carbons (Fsp3) is 0.857. The first-order valence-corrected chi connectivity index (χ1v) is 9.81. The monoisotopic (exact) mass is 367 g/mol. The number of nitrogens with zero attached hydrogens (tertiary/aromatic N) is 1. The summed E-state index contributed by atoms with van der Waals surface area (Å²) in [5, 5.41) is -1.64. The van der Waals surface area contributed by atoms with E-state index in [1.165, 1.54) is 0 Å². The first-order valence-electron chi connectivity index (χ1n) is 7.90. The molecular weight excluding hydrogens is 349 g/mol. The van der Waals surface area contributed by atoms with Crippen molar-refractivity contribution >= 4 is 33.5 Å². The van der Waals surface area contributed by atoms with Gasteiger partial charge < -0.3 is 0 Å². The molecule has 0 spiro atoms. The number of hydrogen-bond acceptors (Lipinski definition) is 5. The first-order chi connectivity index (χ1) is 10.8. The fourth-order valence-corrected chi connectivity index (χ4v) is 5.79. The largest absolute Gasteiger partial charge is 0.292 e. The van der Waals surface area contributed by atoms with Crippen molar-refractivity contribution < 1.29 is 26.7 Å². The number of hydroxylamine groups is 2. The van der Waals surface area contributed by atoms with E-state index in [0.717, 1.165) is 12.8 Å².